The molecule has 1 unspecified atom stereocenters. The van der Waals surface area contributed by atoms with Gasteiger partial charge < -0.3 is 14.6 Å². The van der Waals surface area contributed by atoms with E-state index in [1.165, 1.54) is 0 Å². The summed E-state index contributed by atoms with van der Waals surface area (Å²) in [6.45, 7) is 2.03. The molecule has 1 aromatic heterocycles. The molecule has 2 heterocycles. The molecule has 0 spiro atoms. The van der Waals surface area contributed by atoms with Crippen molar-refractivity contribution in [1.82, 2.24) is 15.5 Å². The molecule has 1 saturated heterocycles. The molecule has 1 N–H and O–H groups in total. The largest absolute Gasteiger partial charge is 0.378 e. The number of benzene rings is 1. The molecule has 20 heavy (non-hydrogen) atoms. The molecule has 0 saturated carbocycles. The summed E-state index contributed by atoms with van der Waals surface area (Å²) >= 11 is 12.0. The summed E-state index contributed by atoms with van der Waals surface area (Å²) in [5.41, 5.74) is 0.913. The second-order valence-electron chi connectivity index (χ2n) is 4.54. The van der Waals surface area contributed by atoms with Crippen molar-refractivity contribution < 1.29 is 9.26 Å². The Morgan fingerprint density at radius 3 is 3.00 bits per heavy atom. The maximum Gasteiger partial charge on any atom is 0.246 e. The van der Waals surface area contributed by atoms with Gasteiger partial charge in [-0.1, -0.05) is 34.4 Å². The van der Waals surface area contributed by atoms with Gasteiger partial charge in [0.05, 0.1) is 13.2 Å². The molecule has 0 aliphatic carbocycles. The smallest absolute Gasteiger partial charge is 0.246 e. The Bertz CT molecular complexity index is 597. The van der Waals surface area contributed by atoms with Gasteiger partial charge >= 0.3 is 0 Å². The molecule has 0 amide bonds. The number of ether oxygens (including phenoxy) is 1. The summed E-state index contributed by atoms with van der Waals surface area (Å²) in [6, 6.07) is 5.32. The zero-order valence-corrected chi connectivity index (χ0v) is 12.1. The molecular formula is C13H13Cl2N3O2. The van der Waals surface area contributed by atoms with Gasteiger partial charge in [-0.25, -0.2) is 0 Å². The van der Waals surface area contributed by atoms with Crippen molar-refractivity contribution in [2.75, 3.05) is 19.8 Å². The number of nitrogens with one attached hydrogen (secondary N) is 1. The molecule has 1 atom stereocenters. The Balaban J connectivity index is 1.73. The number of hydrogen-bond donors (Lipinski definition) is 1. The van der Waals surface area contributed by atoms with Gasteiger partial charge in [-0.05, 0) is 17.7 Å². The van der Waals surface area contributed by atoms with Gasteiger partial charge in [0.2, 0.25) is 5.89 Å². The van der Waals surface area contributed by atoms with Gasteiger partial charge in [0.1, 0.15) is 6.04 Å². The summed E-state index contributed by atoms with van der Waals surface area (Å²) in [4.78, 5) is 4.38. The lowest BCUT2D eigenvalue weighted by atomic mass is 10.1. The van der Waals surface area contributed by atoms with Gasteiger partial charge in [0.15, 0.2) is 5.82 Å². The van der Waals surface area contributed by atoms with Gasteiger partial charge in [0, 0.05) is 23.0 Å². The van der Waals surface area contributed by atoms with Crippen LogP contribution in [0.5, 0.6) is 0 Å². The van der Waals surface area contributed by atoms with Crippen LogP contribution >= 0.6 is 23.2 Å². The third-order valence-corrected chi connectivity index (χ3v) is 3.65. The van der Waals surface area contributed by atoms with E-state index in [2.05, 4.69) is 15.5 Å². The highest BCUT2D eigenvalue weighted by atomic mass is 35.5. The van der Waals surface area contributed by atoms with E-state index in [1.54, 1.807) is 12.1 Å². The van der Waals surface area contributed by atoms with Gasteiger partial charge in [-0.15, -0.1) is 0 Å². The topological polar surface area (TPSA) is 60.2 Å². The number of halogens is 2. The van der Waals surface area contributed by atoms with Crippen LogP contribution in [0.2, 0.25) is 10.0 Å². The molecule has 5 nitrogen and oxygen atoms in total. The lowest BCUT2D eigenvalue weighted by molar-refractivity contribution is 0.0659. The van der Waals surface area contributed by atoms with E-state index in [9.17, 15) is 0 Å². The van der Waals surface area contributed by atoms with Gasteiger partial charge in [0.25, 0.3) is 0 Å². The van der Waals surface area contributed by atoms with Crippen LogP contribution in [-0.2, 0) is 11.2 Å². The lowest BCUT2D eigenvalue weighted by Crippen LogP contribution is -2.34. The standard InChI is InChI=1S/C13H13Cl2N3O2/c14-9-2-1-8(10(15)6-9)5-12-17-13(20-18-12)11-7-19-4-3-16-11/h1-2,6,11,16H,3-5,7H2. The lowest BCUT2D eigenvalue weighted by Gasteiger charge is -2.20. The number of morpholine rings is 1. The van der Waals surface area contributed by atoms with Crippen molar-refractivity contribution in [1.29, 1.82) is 0 Å². The van der Waals surface area contributed by atoms with E-state index in [4.69, 9.17) is 32.5 Å². The molecule has 2 aromatic rings. The minimum Gasteiger partial charge on any atom is -0.378 e. The fourth-order valence-electron chi connectivity index (χ4n) is 2.04. The van der Waals surface area contributed by atoms with Crippen LogP contribution in [0, 0.1) is 0 Å². The first-order chi connectivity index (χ1) is 9.72. The Morgan fingerprint density at radius 1 is 1.35 bits per heavy atom. The predicted octanol–water partition coefficient (Wildman–Crippen LogP) is 2.63. The highest BCUT2D eigenvalue weighted by Crippen LogP contribution is 2.23. The van der Waals surface area contributed by atoms with Crippen molar-refractivity contribution >= 4 is 23.2 Å². The SMILES string of the molecule is Clc1ccc(Cc2noc(C3COCCN3)n2)c(Cl)c1. The maximum absolute atomic E-state index is 6.13. The zero-order chi connectivity index (χ0) is 13.9. The summed E-state index contributed by atoms with van der Waals surface area (Å²) in [7, 11) is 0. The summed E-state index contributed by atoms with van der Waals surface area (Å²) in [5, 5.41) is 8.45. The number of aromatic nitrogens is 2. The third kappa shape index (κ3) is 3.12. The molecule has 1 aromatic carbocycles. The van der Waals surface area contributed by atoms with Crippen LogP contribution in [-0.4, -0.2) is 29.9 Å². The van der Waals surface area contributed by atoms with Gasteiger partial charge in [-0.3, -0.25) is 0 Å². The molecule has 0 bridgehead atoms. The van der Waals surface area contributed by atoms with E-state index in [-0.39, 0.29) is 6.04 Å². The second kappa shape index (κ2) is 6.10. The third-order valence-electron chi connectivity index (χ3n) is 3.07. The molecule has 0 radical (unpaired) electrons. The monoisotopic (exact) mass is 313 g/mol. The Hall–Kier alpha value is -1.14. The number of rotatable bonds is 3. The first kappa shape index (κ1) is 13.8. The number of nitrogens with zero attached hydrogens (tertiary/aromatic N) is 2. The van der Waals surface area contributed by atoms with Gasteiger partial charge in [-0.2, -0.15) is 4.98 Å². The Morgan fingerprint density at radius 2 is 2.25 bits per heavy atom. The quantitative estimate of drug-likeness (QED) is 0.944. The van der Waals surface area contributed by atoms with Crippen LogP contribution in [0.4, 0.5) is 0 Å². The van der Waals surface area contributed by atoms with Crippen molar-refractivity contribution in [2.24, 2.45) is 0 Å². The molecule has 1 fully saturated rings. The zero-order valence-electron chi connectivity index (χ0n) is 10.6. The molecule has 1 aliphatic rings. The van der Waals surface area contributed by atoms with E-state index in [0.29, 0.717) is 41.4 Å². The van der Waals surface area contributed by atoms with E-state index < -0.39 is 0 Å². The van der Waals surface area contributed by atoms with E-state index in [0.717, 1.165) is 12.1 Å². The Kier molecular flexibility index (Phi) is 4.21. The predicted molar refractivity (Wildman–Crippen MR) is 75.1 cm³/mol. The highest BCUT2D eigenvalue weighted by Gasteiger charge is 2.21. The first-order valence-corrected chi connectivity index (χ1v) is 7.05. The normalized spacial score (nSPS) is 19.2. The van der Waals surface area contributed by atoms with Crippen LogP contribution in [0.15, 0.2) is 22.7 Å². The van der Waals surface area contributed by atoms with E-state index in [1.807, 2.05) is 6.07 Å². The fraction of sp³-hybridized carbons (Fsp3) is 0.385. The Labute approximate surface area is 126 Å². The van der Waals surface area contributed by atoms with Crippen molar-refractivity contribution in [2.45, 2.75) is 12.5 Å². The van der Waals surface area contributed by atoms with Crippen LogP contribution in [0.3, 0.4) is 0 Å². The minimum atomic E-state index is -0.0364. The molecule has 3 rings (SSSR count). The molecular weight excluding hydrogens is 301 g/mol. The molecule has 7 heteroatoms. The summed E-state index contributed by atoms with van der Waals surface area (Å²) in [5.74, 6) is 1.14. The highest BCUT2D eigenvalue weighted by molar-refractivity contribution is 6.35. The average Bonchev–Trinajstić information content (AvgIpc) is 2.92. The van der Waals surface area contributed by atoms with Crippen LogP contribution < -0.4 is 5.32 Å². The van der Waals surface area contributed by atoms with Crippen molar-refractivity contribution in [3.8, 4) is 0 Å². The summed E-state index contributed by atoms with van der Waals surface area (Å²) < 4.78 is 10.6. The summed E-state index contributed by atoms with van der Waals surface area (Å²) in [6.07, 6.45) is 0.507. The molecule has 1 aliphatic heterocycles. The minimum absolute atomic E-state index is 0.0364. The molecule has 106 valence electrons. The van der Waals surface area contributed by atoms with Crippen LogP contribution in [0.1, 0.15) is 23.3 Å². The first-order valence-electron chi connectivity index (χ1n) is 6.30. The number of hydrogen-bond acceptors (Lipinski definition) is 5. The average molecular weight is 314 g/mol. The second-order valence-corrected chi connectivity index (χ2v) is 5.39. The van der Waals surface area contributed by atoms with Crippen molar-refractivity contribution in [3.05, 3.63) is 45.5 Å². The van der Waals surface area contributed by atoms with E-state index >= 15 is 0 Å². The fourth-order valence-corrected chi connectivity index (χ4v) is 2.52. The van der Waals surface area contributed by atoms with Crippen molar-refractivity contribution in [3.63, 3.8) is 0 Å². The maximum atomic E-state index is 6.13. The van der Waals surface area contributed by atoms with Crippen LogP contribution in [0.25, 0.3) is 0 Å².